The maximum Gasteiger partial charge on any atom is 0.490 e. The molecule has 12 heteroatoms. The largest absolute Gasteiger partial charge is 0.490 e. The van der Waals surface area contributed by atoms with Crippen LogP contribution in [0.3, 0.4) is 0 Å². The number of benzene rings is 4. The zero-order chi connectivity index (χ0) is 35.2. The quantitative estimate of drug-likeness (QED) is 0.0604. The second-order valence-corrected chi connectivity index (χ2v) is 11.8. The third-order valence-corrected chi connectivity index (χ3v) is 7.85. The van der Waals surface area contributed by atoms with Crippen LogP contribution in [0.2, 0.25) is 0 Å². The number of halogens is 4. The Bertz CT molecular complexity index is 1940. The zero-order valence-electron chi connectivity index (χ0n) is 26.6. The molecule has 0 fully saturated rings. The molecule has 1 heterocycles. The lowest BCUT2D eigenvalue weighted by atomic mass is 10.1. The van der Waals surface area contributed by atoms with Gasteiger partial charge in [0.25, 0.3) is 5.91 Å². The van der Waals surface area contributed by atoms with Gasteiger partial charge in [-0.25, -0.2) is 9.18 Å². The number of nitrogens with two attached hydrogens (primary N) is 1. The summed E-state index contributed by atoms with van der Waals surface area (Å²) in [4.78, 5) is 22.4. The summed E-state index contributed by atoms with van der Waals surface area (Å²) in [5.74, 6) is -3.33. The molecule has 0 aliphatic carbocycles. The molecule has 0 bridgehead atoms. The number of amides is 1. The number of carboxylic acids is 1. The summed E-state index contributed by atoms with van der Waals surface area (Å²) < 4.78 is 48.8. The molecule has 5 rings (SSSR count). The van der Waals surface area contributed by atoms with E-state index in [9.17, 15) is 22.4 Å². The Morgan fingerprint density at radius 3 is 2.12 bits per heavy atom. The van der Waals surface area contributed by atoms with Crippen LogP contribution in [-0.4, -0.2) is 47.7 Å². The highest BCUT2D eigenvalue weighted by Gasteiger charge is 2.38. The molecule has 1 amide bonds. The van der Waals surface area contributed by atoms with Gasteiger partial charge in [0.1, 0.15) is 29.6 Å². The van der Waals surface area contributed by atoms with Gasteiger partial charge in [0, 0.05) is 35.1 Å². The minimum atomic E-state index is -5.08. The molecule has 0 aliphatic heterocycles. The van der Waals surface area contributed by atoms with Crippen LogP contribution in [0, 0.1) is 18.2 Å². The summed E-state index contributed by atoms with van der Waals surface area (Å²) in [5, 5.41) is 18.6. The molecule has 0 radical (unpaired) electrons. The Morgan fingerprint density at radius 1 is 0.896 bits per heavy atom. The first-order chi connectivity index (χ1) is 22.6. The van der Waals surface area contributed by atoms with Gasteiger partial charge >= 0.3 is 12.1 Å². The van der Waals surface area contributed by atoms with Crippen molar-refractivity contribution in [3.05, 3.63) is 136 Å². The predicted octanol–water partition coefficient (Wildman–Crippen LogP) is 6.75. The number of carbonyl (C=O) groups is 2. The van der Waals surface area contributed by atoms with E-state index < -0.39 is 12.1 Å². The van der Waals surface area contributed by atoms with E-state index in [-0.39, 0.29) is 17.6 Å². The van der Waals surface area contributed by atoms with Crippen LogP contribution in [0.25, 0.3) is 10.9 Å². The van der Waals surface area contributed by atoms with Crippen molar-refractivity contribution >= 4 is 34.3 Å². The van der Waals surface area contributed by atoms with Gasteiger partial charge in [-0.2, -0.15) is 13.2 Å². The molecule has 0 spiro atoms. The number of carboxylic acid groups (broad SMARTS) is 1. The summed E-state index contributed by atoms with van der Waals surface area (Å²) in [5.41, 5.74) is 12.3. The van der Waals surface area contributed by atoms with Crippen LogP contribution in [0.15, 0.2) is 97.1 Å². The molecular formula is C36H36F4N5O3+. The summed E-state index contributed by atoms with van der Waals surface area (Å²) in [6, 6.07) is 31.0. The lowest BCUT2D eigenvalue weighted by molar-refractivity contribution is -0.192. The first-order valence-electron chi connectivity index (χ1n) is 14.8. The molecule has 0 saturated heterocycles. The number of hydrogen-bond donors (Lipinski definition) is 4. The van der Waals surface area contributed by atoms with Crippen LogP contribution >= 0.6 is 0 Å². The van der Waals surface area contributed by atoms with E-state index in [1.54, 1.807) is 25.1 Å². The fourth-order valence-electron chi connectivity index (χ4n) is 5.25. The molecular weight excluding hydrogens is 626 g/mol. The molecule has 5 N–H and O–H groups in total. The Kier molecular flexibility index (Phi) is 10.7. The Balaban J connectivity index is 0.000000671. The minimum absolute atomic E-state index is 0.0200. The summed E-state index contributed by atoms with van der Waals surface area (Å²) in [7, 11) is 4.36. The number of nitrogen functional groups attached to an aromatic ring is 1. The van der Waals surface area contributed by atoms with Crippen LogP contribution in [-0.2, 0) is 24.4 Å². The summed E-state index contributed by atoms with van der Waals surface area (Å²) >= 11 is 0. The number of hydrogen-bond acceptors (Lipinski definition) is 3. The average Bonchev–Trinajstić information content (AvgIpc) is 3.40. The lowest BCUT2D eigenvalue weighted by Gasteiger charge is -2.29. The number of nitrogens with zero attached hydrogens (tertiary/aromatic N) is 2. The zero-order valence-corrected chi connectivity index (χ0v) is 26.6. The van der Waals surface area contributed by atoms with E-state index in [0.717, 1.165) is 23.2 Å². The smallest absolute Gasteiger partial charge is 0.475 e. The Hall–Kier alpha value is -5.49. The SMILES string of the molecule is Cc1c(F)ccc2c1cc(C(=O)NCc1ccc([N+](C)(C)Cc3ccccc3)cc1)n2Cc1cccc(C(=N)N)c1.O=C(O)C(F)(F)F. The number of carbonyl (C=O) groups excluding carboxylic acids is 1. The molecule has 250 valence electrons. The van der Waals surface area contributed by atoms with Crippen LogP contribution in [0.4, 0.5) is 23.2 Å². The number of amidine groups is 1. The van der Waals surface area contributed by atoms with Gasteiger partial charge < -0.3 is 20.7 Å². The molecule has 0 aliphatic rings. The standard InChI is InChI=1S/C34H34FN5O.C2HF3O2/c1-23-29-19-32(39(31(29)17-16-30(23)35)21-26-10-7-11-27(18-26)33(36)37)34(41)38-20-24-12-14-28(15-13-24)40(2,3)22-25-8-5-4-6-9-25;3-2(4,5)1(6)7/h4-19H,20-22H2,1-3H3,(H3-,36,37,38,41);(H,6,7)/p+1. The first-order valence-corrected chi connectivity index (χ1v) is 14.8. The third kappa shape index (κ3) is 8.65. The number of quaternary nitrogens is 1. The van der Waals surface area contributed by atoms with Crippen molar-refractivity contribution in [2.75, 3.05) is 14.1 Å². The van der Waals surface area contributed by atoms with Crippen LogP contribution in [0.1, 0.15) is 38.3 Å². The van der Waals surface area contributed by atoms with Crippen molar-refractivity contribution in [2.24, 2.45) is 5.73 Å². The van der Waals surface area contributed by atoms with Gasteiger partial charge in [0.2, 0.25) is 0 Å². The maximum atomic E-state index is 14.4. The minimum Gasteiger partial charge on any atom is -0.475 e. The molecule has 48 heavy (non-hydrogen) atoms. The van der Waals surface area contributed by atoms with Crippen molar-refractivity contribution in [1.82, 2.24) is 14.4 Å². The van der Waals surface area contributed by atoms with E-state index in [4.69, 9.17) is 21.0 Å². The van der Waals surface area contributed by atoms with E-state index in [1.165, 1.54) is 17.3 Å². The van der Waals surface area contributed by atoms with Gasteiger partial charge in [-0.3, -0.25) is 14.7 Å². The second kappa shape index (κ2) is 14.5. The first kappa shape index (κ1) is 35.4. The van der Waals surface area contributed by atoms with E-state index >= 15 is 0 Å². The average molecular weight is 663 g/mol. The van der Waals surface area contributed by atoms with E-state index in [2.05, 4.69) is 55.8 Å². The van der Waals surface area contributed by atoms with E-state index in [0.29, 0.717) is 39.8 Å². The Morgan fingerprint density at radius 2 is 1.52 bits per heavy atom. The lowest BCUT2D eigenvalue weighted by Crippen LogP contribution is -2.39. The van der Waals surface area contributed by atoms with Gasteiger partial charge in [-0.15, -0.1) is 0 Å². The van der Waals surface area contributed by atoms with E-state index in [1.807, 2.05) is 41.0 Å². The van der Waals surface area contributed by atoms with Crippen molar-refractivity contribution < 1.29 is 32.3 Å². The Labute approximate surface area is 275 Å². The molecule has 5 aromatic rings. The molecule has 1 aromatic heterocycles. The predicted molar refractivity (Wildman–Crippen MR) is 178 cm³/mol. The highest BCUT2D eigenvalue weighted by molar-refractivity contribution is 6.00. The topological polar surface area (TPSA) is 121 Å². The van der Waals surface area contributed by atoms with Gasteiger partial charge in [-0.1, -0.05) is 60.7 Å². The van der Waals surface area contributed by atoms with Crippen molar-refractivity contribution in [1.29, 1.82) is 5.41 Å². The molecule has 0 saturated carbocycles. The van der Waals surface area contributed by atoms with Crippen LogP contribution in [0.5, 0.6) is 0 Å². The second-order valence-electron chi connectivity index (χ2n) is 11.8. The normalized spacial score (nSPS) is 11.5. The molecule has 4 aromatic carbocycles. The number of rotatable bonds is 9. The maximum absolute atomic E-state index is 14.4. The molecule has 0 unspecified atom stereocenters. The van der Waals surface area contributed by atoms with Gasteiger partial charge in [0.15, 0.2) is 0 Å². The number of nitrogens with one attached hydrogen (secondary N) is 2. The molecule has 0 atom stereocenters. The van der Waals surface area contributed by atoms with Crippen LogP contribution < -0.4 is 15.5 Å². The number of aryl methyl sites for hydroxylation is 1. The number of aromatic nitrogens is 1. The fraction of sp³-hybridized carbons (Fsp3) is 0.194. The molecule has 8 nitrogen and oxygen atoms in total. The highest BCUT2D eigenvalue weighted by atomic mass is 19.4. The van der Waals surface area contributed by atoms with Crippen molar-refractivity contribution in [3.63, 3.8) is 0 Å². The van der Waals surface area contributed by atoms with Gasteiger partial charge in [0.05, 0.1) is 14.1 Å². The summed E-state index contributed by atoms with van der Waals surface area (Å²) in [6.07, 6.45) is -5.08. The summed E-state index contributed by atoms with van der Waals surface area (Å²) in [6.45, 7) is 3.33. The highest BCUT2D eigenvalue weighted by Crippen LogP contribution is 2.27. The fourth-order valence-corrected chi connectivity index (χ4v) is 5.25. The monoisotopic (exact) mass is 662 g/mol. The number of aliphatic carboxylic acids is 1. The third-order valence-electron chi connectivity index (χ3n) is 7.85. The number of fused-ring (bicyclic) bond motifs is 1. The van der Waals surface area contributed by atoms with Crippen molar-refractivity contribution in [2.45, 2.75) is 32.7 Å². The number of alkyl halides is 3. The van der Waals surface area contributed by atoms with Gasteiger partial charge in [-0.05, 0) is 60.0 Å². The van der Waals surface area contributed by atoms with Crippen molar-refractivity contribution in [3.8, 4) is 0 Å².